The third kappa shape index (κ3) is 4.40. The largest absolute Gasteiger partial charge is 0.347 e. The Morgan fingerprint density at radius 1 is 1.13 bits per heavy atom. The van der Waals surface area contributed by atoms with Gasteiger partial charge in [0.15, 0.2) is 5.65 Å². The predicted molar refractivity (Wildman–Crippen MR) is 120 cm³/mol. The molecule has 7 heteroatoms. The molecule has 0 aliphatic heterocycles. The molecule has 0 aliphatic carbocycles. The minimum Gasteiger partial charge on any atom is -0.347 e. The number of carbonyl (C=O) groups is 1. The van der Waals surface area contributed by atoms with E-state index in [4.69, 9.17) is 0 Å². The van der Waals surface area contributed by atoms with Gasteiger partial charge in [0, 0.05) is 18.3 Å². The maximum absolute atomic E-state index is 12.8. The lowest BCUT2D eigenvalue weighted by Crippen LogP contribution is -2.34. The van der Waals surface area contributed by atoms with Crippen LogP contribution in [0.5, 0.6) is 0 Å². The van der Waals surface area contributed by atoms with E-state index in [1.165, 1.54) is 10.6 Å². The van der Waals surface area contributed by atoms with E-state index in [9.17, 15) is 9.59 Å². The van der Waals surface area contributed by atoms with E-state index >= 15 is 0 Å². The summed E-state index contributed by atoms with van der Waals surface area (Å²) >= 11 is 0. The molecule has 158 valence electrons. The number of aryl methyl sites for hydroxylation is 1. The first kappa shape index (κ1) is 20.5. The second-order valence-electron chi connectivity index (χ2n) is 7.99. The lowest BCUT2D eigenvalue weighted by molar-refractivity contribution is -0.121. The van der Waals surface area contributed by atoms with Crippen molar-refractivity contribution in [1.82, 2.24) is 24.9 Å². The molecule has 3 aromatic heterocycles. The minimum atomic E-state index is -0.373. The Labute approximate surface area is 180 Å². The molecule has 7 nitrogen and oxygen atoms in total. The first-order valence-corrected chi connectivity index (χ1v) is 10.3. The number of amides is 1. The van der Waals surface area contributed by atoms with Gasteiger partial charge in [0.05, 0.1) is 29.5 Å². The van der Waals surface area contributed by atoms with Crippen molar-refractivity contribution in [2.75, 3.05) is 0 Å². The summed E-state index contributed by atoms with van der Waals surface area (Å²) in [6, 6.07) is 16.3. The number of aromatic nitrogens is 4. The molecule has 0 saturated heterocycles. The summed E-state index contributed by atoms with van der Waals surface area (Å²) in [5.41, 5.74) is 4.28. The molecule has 0 spiro atoms. The Morgan fingerprint density at radius 3 is 2.61 bits per heavy atom. The maximum Gasteiger partial charge on any atom is 0.272 e. The van der Waals surface area contributed by atoms with Crippen molar-refractivity contribution in [1.29, 1.82) is 0 Å². The molecule has 0 unspecified atom stereocenters. The molecule has 0 radical (unpaired) electrons. The van der Waals surface area contributed by atoms with Crippen molar-refractivity contribution >= 4 is 11.6 Å². The number of hydrogen-bond acceptors (Lipinski definition) is 4. The zero-order chi connectivity index (χ0) is 22.0. The number of benzene rings is 1. The Bertz CT molecular complexity index is 1270. The van der Waals surface area contributed by atoms with Gasteiger partial charge in [0.2, 0.25) is 5.91 Å². The third-order valence-electron chi connectivity index (χ3n) is 5.33. The van der Waals surface area contributed by atoms with Crippen LogP contribution in [-0.2, 0) is 11.2 Å². The number of hydrogen-bond donors (Lipinski definition) is 2. The summed E-state index contributed by atoms with van der Waals surface area (Å²) in [5.74, 6) is -0.0392. The van der Waals surface area contributed by atoms with Gasteiger partial charge >= 0.3 is 0 Å². The highest BCUT2D eigenvalue weighted by molar-refractivity contribution is 5.79. The number of nitrogens with zero attached hydrogens (tertiary/aromatic N) is 3. The van der Waals surface area contributed by atoms with Gasteiger partial charge in [-0.25, -0.2) is 9.50 Å². The van der Waals surface area contributed by atoms with Gasteiger partial charge in [-0.15, -0.1) is 0 Å². The highest BCUT2D eigenvalue weighted by atomic mass is 16.1. The van der Waals surface area contributed by atoms with E-state index in [1.54, 1.807) is 12.3 Å². The molecular weight excluding hydrogens is 390 g/mol. The molecule has 1 atom stereocenters. The molecule has 3 heterocycles. The van der Waals surface area contributed by atoms with Crippen molar-refractivity contribution in [3.8, 4) is 11.4 Å². The van der Waals surface area contributed by atoms with E-state index in [2.05, 4.69) is 20.4 Å². The van der Waals surface area contributed by atoms with E-state index < -0.39 is 0 Å². The molecule has 0 fully saturated rings. The number of fused-ring (bicyclic) bond motifs is 1. The lowest BCUT2D eigenvalue weighted by atomic mass is 9.99. The molecule has 0 bridgehead atoms. The van der Waals surface area contributed by atoms with Gasteiger partial charge in [-0.05, 0) is 36.1 Å². The van der Waals surface area contributed by atoms with Crippen LogP contribution in [0, 0.1) is 12.8 Å². The van der Waals surface area contributed by atoms with Crippen LogP contribution in [0.4, 0.5) is 0 Å². The van der Waals surface area contributed by atoms with Crippen molar-refractivity contribution < 1.29 is 4.79 Å². The number of aromatic amines is 1. The summed E-state index contributed by atoms with van der Waals surface area (Å²) < 4.78 is 1.39. The smallest absolute Gasteiger partial charge is 0.272 e. The van der Waals surface area contributed by atoms with Crippen molar-refractivity contribution in [3.05, 3.63) is 88.0 Å². The predicted octanol–water partition coefficient (Wildman–Crippen LogP) is 3.45. The quantitative estimate of drug-likeness (QED) is 0.505. The Hall–Kier alpha value is -3.74. The molecule has 4 aromatic rings. The zero-order valence-corrected chi connectivity index (χ0v) is 17.8. The van der Waals surface area contributed by atoms with Gasteiger partial charge in [0.1, 0.15) is 0 Å². The van der Waals surface area contributed by atoms with Crippen LogP contribution in [-0.4, -0.2) is 25.5 Å². The summed E-state index contributed by atoms with van der Waals surface area (Å²) in [7, 11) is 0. The summed E-state index contributed by atoms with van der Waals surface area (Å²) in [4.78, 5) is 34.5. The van der Waals surface area contributed by atoms with Gasteiger partial charge in [0.25, 0.3) is 5.56 Å². The van der Waals surface area contributed by atoms with Crippen molar-refractivity contribution in [2.45, 2.75) is 33.2 Å². The monoisotopic (exact) mass is 415 g/mol. The van der Waals surface area contributed by atoms with Crippen LogP contribution < -0.4 is 10.9 Å². The molecule has 0 saturated carbocycles. The molecule has 31 heavy (non-hydrogen) atoms. The second kappa shape index (κ2) is 8.55. The van der Waals surface area contributed by atoms with Gasteiger partial charge < -0.3 is 5.32 Å². The van der Waals surface area contributed by atoms with Crippen LogP contribution >= 0.6 is 0 Å². The number of rotatable bonds is 6. The van der Waals surface area contributed by atoms with Crippen molar-refractivity contribution in [3.63, 3.8) is 0 Å². The fourth-order valence-electron chi connectivity index (χ4n) is 3.61. The van der Waals surface area contributed by atoms with Crippen molar-refractivity contribution in [2.24, 2.45) is 5.92 Å². The third-order valence-corrected chi connectivity index (χ3v) is 5.33. The number of H-pyrrole nitrogens is 1. The molecular formula is C24H25N5O2. The molecule has 4 rings (SSSR count). The average Bonchev–Trinajstić information content (AvgIpc) is 3.19. The van der Waals surface area contributed by atoms with Crippen LogP contribution in [0.1, 0.15) is 36.7 Å². The van der Waals surface area contributed by atoms with Gasteiger partial charge in [-0.3, -0.25) is 19.7 Å². The van der Waals surface area contributed by atoms with E-state index in [-0.39, 0.29) is 29.8 Å². The lowest BCUT2D eigenvalue weighted by Gasteiger charge is -2.22. The Kier molecular flexibility index (Phi) is 5.66. The highest BCUT2D eigenvalue weighted by Crippen LogP contribution is 2.21. The first-order chi connectivity index (χ1) is 14.9. The topological polar surface area (TPSA) is 92.2 Å². The number of nitrogens with one attached hydrogen (secondary N) is 2. The highest BCUT2D eigenvalue weighted by Gasteiger charge is 2.22. The fourth-order valence-corrected chi connectivity index (χ4v) is 3.61. The summed E-state index contributed by atoms with van der Waals surface area (Å²) in [6.45, 7) is 5.99. The first-order valence-electron chi connectivity index (χ1n) is 10.3. The molecule has 1 amide bonds. The van der Waals surface area contributed by atoms with Crippen LogP contribution in [0.15, 0.2) is 65.6 Å². The van der Waals surface area contributed by atoms with E-state index in [0.29, 0.717) is 17.0 Å². The number of carbonyl (C=O) groups excluding carboxylic acids is 1. The van der Waals surface area contributed by atoms with Crippen LogP contribution in [0.25, 0.3) is 17.0 Å². The fraction of sp³-hybridized carbons (Fsp3) is 0.250. The Balaban J connectivity index is 1.63. The SMILES string of the molecule is Cc1ccccc1CC(=O)N[C@H](c1cc(=O)n2[nH]c(-c3ccccn3)cc2n1)C(C)C. The van der Waals surface area contributed by atoms with Crippen LogP contribution in [0.3, 0.4) is 0 Å². The standard InChI is InChI=1S/C24H25N5O2/c1-15(2)24(27-22(30)12-17-9-5-4-8-16(17)3)20-14-23(31)29-21(26-20)13-19(28-29)18-10-6-7-11-25-18/h4-11,13-15,24,28H,12H2,1-3H3,(H,27,30)/t24-/m0/s1. The van der Waals surface area contributed by atoms with Gasteiger partial charge in [-0.1, -0.05) is 44.2 Å². The molecule has 2 N–H and O–H groups in total. The average molecular weight is 415 g/mol. The maximum atomic E-state index is 12.8. The van der Waals surface area contributed by atoms with E-state index in [0.717, 1.165) is 16.8 Å². The minimum absolute atomic E-state index is 0.0596. The summed E-state index contributed by atoms with van der Waals surface area (Å²) in [6.07, 6.45) is 1.98. The zero-order valence-electron chi connectivity index (χ0n) is 17.8. The normalized spacial score (nSPS) is 12.3. The number of pyridine rings is 1. The van der Waals surface area contributed by atoms with E-state index in [1.807, 2.05) is 63.2 Å². The van der Waals surface area contributed by atoms with Crippen LogP contribution in [0.2, 0.25) is 0 Å². The molecule has 1 aromatic carbocycles. The Morgan fingerprint density at radius 2 is 1.90 bits per heavy atom. The second-order valence-corrected chi connectivity index (χ2v) is 7.99. The van der Waals surface area contributed by atoms with Gasteiger partial charge in [-0.2, -0.15) is 0 Å². The summed E-state index contributed by atoms with van der Waals surface area (Å²) in [5, 5.41) is 6.11. The molecule has 0 aliphatic rings.